The number of aryl methyl sites for hydroxylation is 1. The minimum absolute atomic E-state index is 0.00968. The number of rotatable bonds is 5. The van der Waals surface area contributed by atoms with Crippen molar-refractivity contribution in [2.24, 2.45) is 5.92 Å². The van der Waals surface area contributed by atoms with Crippen molar-refractivity contribution in [3.8, 4) is 0 Å². The second-order valence-electron chi connectivity index (χ2n) is 7.21. The van der Waals surface area contributed by atoms with E-state index < -0.39 is 5.97 Å². The second kappa shape index (κ2) is 7.79. The monoisotopic (exact) mass is 380 g/mol. The third-order valence-electron chi connectivity index (χ3n) is 5.42. The number of carboxylic acid groups (broad SMARTS) is 1. The maximum atomic E-state index is 11.6. The Labute approximate surface area is 163 Å². The van der Waals surface area contributed by atoms with Crippen LogP contribution in [0.25, 0.3) is 10.1 Å². The first-order chi connectivity index (χ1) is 13.2. The molecule has 1 aliphatic rings. The van der Waals surface area contributed by atoms with Crippen molar-refractivity contribution in [1.82, 2.24) is 9.88 Å². The molecule has 4 rings (SSSR count). The van der Waals surface area contributed by atoms with Crippen molar-refractivity contribution >= 4 is 27.4 Å². The SMILES string of the molecule is CCc1ccc(C(c2cc3ccccc3s2)N2CCCC(C(=O)O)C2)nc1. The number of hydrogen-bond donors (Lipinski definition) is 1. The number of nitrogens with zero attached hydrogens (tertiary/aromatic N) is 2. The Hall–Kier alpha value is -2.24. The zero-order chi connectivity index (χ0) is 18.8. The van der Waals surface area contributed by atoms with Gasteiger partial charge in [-0.3, -0.25) is 14.7 Å². The average Bonchev–Trinajstić information content (AvgIpc) is 3.12. The van der Waals surface area contributed by atoms with E-state index in [4.69, 9.17) is 4.98 Å². The molecule has 1 N–H and O–H groups in total. The predicted octanol–water partition coefficient (Wildman–Crippen LogP) is 4.74. The van der Waals surface area contributed by atoms with Gasteiger partial charge >= 0.3 is 5.97 Å². The lowest BCUT2D eigenvalue weighted by molar-refractivity contribution is -0.143. The number of thiophene rings is 1. The molecular weight excluding hydrogens is 356 g/mol. The van der Waals surface area contributed by atoms with Crippen LogP contribution in [0.2, 0.25) is 0 Å². The van der Waals surface area contributed by atoms with Gasteiger partial charge in [-0.2, -0.15) is 0 Å². The molecule has 0 spiro atoms. The first kappa shape index (κ1) is 18.1. The maximum Gasteiger partial charge on any atom is 0.307 e. The number of benzene rings is 1. The van der Waals surface area contributed by atoms with Gasteiger partial charge in [0, 0.05) is 22.3 Å². The first-order valence-electron chi connectivity index (χ1n) is 9.56. The van der Waals surface area contributed by atoms with Gasteiger partial charge in [0.1, 0.15) is 0 Å². The molecule has 1 aliphatic heterocycles. The molecule has 1 fully saturated rings. The van der Waals surface area contributed by atoms with Gasteiger partial charge in [-0.25, -0.2) is 0 Å². The van der Waals surface area contributed by atoms with E-state index in [0.29, 0.717) is 6.54 Å². The summed E-state index contributed by atoms with van der Waals surface area (Å²) in [5.74, 6) is -0.991. The van der Waals surface area contributed by atoms with Crippen molar-refractivity contribution in [2.75, 3.05) is 13.1 Å². The van der Waals surface area contributed by atoms with Crippen molar-refractivity contribution < 1.29 is 9.90 Å². The molecule has 2 aromatic heterocycles. The zero-order valence-electron chi connectivity index (χ0n) is 15.5. The van der Waals surface area contributed by atoms with Crippen molar-refractivity contribution in [1.29, 1.82) is 0 Å². The number of aliphatic carboxylic acids is 1. The van der Waals surface area contributed by atoms with Gasteiger partial charge in [0.05, 0.1) is 17.7 Å². The standard InChI is InChI=1S/C22H24N2O2S/c1-2-15-9-10-18(23-13-15)21(24-11-5-7-17(14-24)22(25)26)20-12-16-6-3-4-8-19(16)27-20/h3-4,6,8-10,12-13,17,21H,2,5,7,11,14H2,1H3,(H,25,26). The van der Waals surface area contributed by atoms with Crippen molar-refractivity contribution in [2.45, 2.75) is 32.2 Å². The van der Waals surface area contributed by atoms with E-state index in [0.717, 1.165) is 31.5 Å². The lowest BCUT2D eigenvalue weighted by atomic mass is 9.95. The summed E-state index contributed by atoms with van der Waals surface area (Å²) in [5, 5.41) is 10.8. The van der Waals surface area contributed by atoms with E-state index in [2.05, 4.69) is 54.3 Å². The Kier molecular flexibility index (Phi) is 5.23. The summed E-state index contributed by atoms with van der Waals surface area (Å²) in [5.41, 5.74) is 2.22. The van der Waals surface area contributed by atoms with Crippen LogP contribution in [-0.4, -0.2) is 34.0 Å². The Morgan fingerprint density at radius 3 is 2.89 bits per heavy atom. The molecule has 140 valence electrons. The van der Waals surface area contributed by atoms with Crippen LogP contribution in [0.5, 0.6) is 0 Å². The normalized spacial score (nSPS) is 19.2. The highest BCUT2D eigenvalue weighted by Crippen LogP contribution is 2.38. The summed E-state index contributed by atoms with van der Waals surface area (Å²) in [4.78, 5) is 19.9. The minimum atomic E-state index is -0.691. The molecule has 0 saturated carbocycles. The highest BCUT2D eigenvalue weighted by atomic mass is 32.1. The summed E-state index contributed by atoms with van der Waals surface area (Å²) < 4.78 is 1.26. The Balaban J connectivity index is 1.75. The fraction of sp³-hybridized carbons (Fsp3) is 0.364. The summed E-state index contributed by atoms with van der Waals surface area (Å²) in [6.07, 6.45) is 4.58. The number of hydrogen-bond acceptors (Lipinski definition) is 4. The molecule has 2 atom stereocenters. The van der Waals surface area contributed by atoms with Crippen LogP contribution < -0.4 is 0 Å². The summed E-state index contributed by atoms with van der Waals surface area (Å²) in [7, 11) is 0. The molecule has 0 bridgehead atoms. The summed E-state index contributed by atoms with van der Waals surface area (Å²) >= 11 is 1.78. The predicted molar refractivity (Wildman–Crippen MR) is 109 cm³/mol. The van der Waals surface area contributed by atoms with Crippen LogP contribution in [0, 0.1) is 5.92 Å². The lowest BCUT2D eigenvalue weighted by Crippen LogP contribution is -2.41. The molecule has 2 unspecified atom stereocenters. The molecule has 3 heterocycles. The summed E-state index contributed by atoms with van der Waals surface area (Å²) in [6.45, 7) is 3.60. The molecule has 4 nitrogen and oxygen atoms in total. The summed E-state index contributed by atoms with van der Waals surface area (Å²) in [6, 6.07) is 14.9. The minimum Gasteiger partial charge on any atom is -0.481 e. The third kappa shape index (κ3) is 3.75. The number of aromatic nitrogens is 1. The number of carbonyl (C=O) groups is 1. The molecule has 5 heteroatoms. The van der Waals surface area contributed by atoms with Gasteiger partial charge in [0.25, 0.3) is 0 Å². The quantitative estimate of drug-likeness (QED) is 0.694. The van der Waals surface area contributed by atoms with Gasteiger partial charge in [0.2, 0.25) is 0 Å². The Bertz CT molecular complexity index is 902. The van der Waals surface area contributed by atoms with Gasteiger partial charge in [-0.1, -0.05) is 31.2 Å². The number of pyridine rings is 1. The molecule has 1 saturated heterocycles. The first-order valence-corrected chi connectivity index (χ1v) is 10.4. The van der Waals surface area contributed by atoms with Gasteiger partial charge in [0.15, 0.2) is 0 Å². The van der Waals surface area contributed by atoms with E-state index in [9.17, 15) is 9.90 Å². The Morgan fingerprint density at radius 2 is 2.19 bits per heavy atom. The van der Waals surface area contributed by atoms with Gasteiger partial charge < -0.3 is 5.11 Å². The Morgan fingerprint density at radius 1 is 1.33 bits per heavy atom. The second-order valence-corrected chi connectivity index (χ2v) is 8.32. The molecular formula is C22H24N2O2S. The zero-order valence-corrected chi connectivity index (χ0v) is 16.3. The molecule has 0 amide bonds. The van der Waals surface area contributed by atoms with E-state index in [-0.39, 0.29) is 12.0 Å². The van der Waals surface area contributed by atoms with Gasteiger partial charge in [-0.15, -0.1) is 11.3 Å². The van der Waals surface area contributed by atoms with E-state index in [1.165, 1.54) is 20.5 Å². The van der Waals surface area contributed by atoms with E-state index in [1.54, 1.807) is 11.3 Å². The number of carboxylic acids is 1. The van der Waals surface area contributed by atoms with Crippen LogP contribution in [0.4, 0.5) is 0 Å². The van der Waals surface area contributed by atoms with Crippen molar-refractivity contribution in [3.05, 3.63) is 64.8 Å². The smallest absolute Gasteiger partial charge is 0.307 e. The third-order valence-corrected chi connectivity index (χ3v) is 6.59. The van der Waals surface area contributed by atoms with Crippen LogP contribution >= 0.6 is 11.3 Å². The van der Waals surface area contributed by atoms with Crippen LogP contribution in [0.15, 0.2) is 48.7 Å². The molecule has 27 heavy (non-hydrogen) atoms. The van der Waals surface area contributed by atoms with E-state index >= 15 is 0 Å². The van der Waals surface area contributed by atoms with Crippen LogP contribution in [0.1, 0.15) is 41.9 Å². The number of piperidine rings is 1. The molecule has 1 aromatic carbocycles. The van der Waals surface area contributed by atoms with Crippen LogP contribution in [0.3, 0.4) is 0 Å². The van der Waals surface area contributed by atoms with E-state index in [1.807, 2.05) is 6.20 Å². The average molecular weight is 381 g/mol. The number of likely N-dealkylation sites (tertiary alicyclic amines) is 1. The fourth-order valence-corrected chi connectivity index (χ4v) is 5.11. The van der Waals surface area contributed by atoms with Crippen molar-refractivity contribution in [3.63, 3.8) is 0 Å². The van der Waals surface area contributed by atoms with Gasteiger partial charge in [-0.05, 0) is 55.0 Å². The lowest BCUT2D eigenvalue weighted by Gasteiger charge is -2.36. The molecule has 0 radical (unpaired) electrons. The highest BCUT2D eigenvalue weighted by Gasteiger charge is 2.32. The molecule has 3 aromatic rings. The topological polar surface area (TPSA) is 53.4 Å². The molecule has 0 aliphatic carbocycles. The maximum absolute atomic E-state index is 11.6. The fourth-order valence-electron chi connectivity index (χ4n) is 3.90. The largest absolute Gasteiger partial charge is 0.481 e. The van der Waals surface area contributed by atoms with Crippen LogP contribution in [-0.2, 0) is 11.2 Å². The number of fused-ring (bicyclic) bond motifs is 1. The highest BCUT2D eigenvalue weighted by molar-refractivity contribution is 7.19.